The molecule has 8 nitrogen and oxygen atoms in total. The van der Waals surface area contributed by atoms with Gasteiger partial charge in [0.15, 0.2) is 0 Å². The zero-order valence-corrected chi connectivity index (χ0v) is 10.3. The Hall–Kier alpha value is -2.64. The zero-order chi connectivity index (χ0) is 13.8. The summed E-state index contributed by atoms with van der Waals surface area (Å²) in [5, 5.41) is 6.44. The average molecular weight is 263 g/mol. The van der Waals surface area contributed by atoms with Crippen LogP contribution >= 0.6 is 0 Å². The lowest BCUT2D eigenvalue weighted by Crippen LogP contribution is -2.36. The number of hydrogen-bond acceptors (Lipinski definition) is 4. The molecule has 8 heteroatoms. The molecule has 1 amide bonds. The van der Waals surface area contributed by atoms with Crippen molar-refractivity contribution in [3.8, 4) is 0 Å². The Morgan fingerprint density at radius 1 is 1.47 bits per heavy atom. The van der Waals surface area contributed by atoms with Crippen LogP contribution in [-0.2, 0) is 17.9 Å². The highest BCUT2D eigenvalue weighted by atomic mass is 16.2. The van der Waals surface area contributed by atoms with E-state index in [1.807, 2.05) is 0 Å². The smallest absolute Gasteiger partial charge is 0.328 e. The normalized spacial score (nSPS) is 10.4. The molecule has 0 spiro atoms. The van der Waals surface area contributed by atoms with Crippen molar-refractivity contribution in [1.82, 2.24) is 24.6 Å². The molecule has 19 heavy (non-hydrogen) atoms. The number of nitrogens with one attached hydrogen (secondary N) is 2. The number of carbonyl (C=O) groups excluding carboxylic acids is 1. The SMILES string of the molecule is CN(Cc1cn[nH]c1)C(=O)Cn1ccc(=O)[nH]c1=O. The summed E-state index contributed by atoms with van der Waals surface area (Å²) in [7, 11) is 1.63. The molecule has 0 aliphatic rings. The molecule has 0 aliphatic carbocycles. The fraction of sp³-hybridized carbons (Fsp3) is 0.273. The summed E-state index contributed by atoms with van der Waals surface area (Å²) in [6.45, 7) is 0.275. The van der Waals surface area contributed by atoms with E-state index in [1.54, 1.807) is 19.4 Å². The molecule has 0 saturated heterocycles. The van der Waals surface area contributed by atoms with Crippen LogP contribution in [-0.4, -0.2) is 37.6 Å². The van der Waals surface area contributed by atoms with Crippen molar-refractivity contribution in [3.63, 3.8) is 0 Å². The van der Waals surface area contributed by atoms with Gasteiger partial charge in [0, 0.05) is 37.6 Å². The van der Waals surface area contributed by atoms with Gasteiger partial charge in [-0.25, -0.2) is 4.79 Å². The van der Waals surface area contributed by atoms with E-state index in [0.717, 1.165) is 10.1 Å². The standard InChI is InChI=1S/C11H13N5O3/c1-15(6-8-4-12-13-5-8)10(18)7-16-3-2-9(17)14-11(16)19/h2-5H,6-7H2,1H3,(H,12,13)(H,14,17,19). The molecule has 0 saturated carbocycles. The Kier molecular flexibility index (Phi) is 3.60. The first-order valence-electron chi connectivity index (χ1n) is 5.57. The minimum Gasteiger partial charge on any atom is -0.340 e. The van der Waals surface area contributed by atoms with Gasteiger partial charge in [0.2, 0.25) is 5.91 Å². The van der Waals surface area contributed by atoms with Gasteiger partial charge in [-0.15, -0.1) is 0 Å². The Bertz CT molecular complexity index is 670. The molecule has 2 aromatic heterocycles. The Labute approximate surface area is 107 Å². The topological polar surface area (TPSA) is 104 Å². The second kappa shape index (κ2) is 5.34. The van der Waals surface area contributed by atoms with Crippen LogP contribution in [0.2, 0.25) is 0 Å². The Balaban J connectivity index is 2.04. The van der Waals surface area contributed by atoms with Crippen molar-refractivity contribution in [1.29, 1.82) is 0 Å². The number of likely N-dealkylation sites (N-methyl/N-ethyl adjacent to an activating group) is 1. The molecule has 2 rings (SSSR count). The molecule has 0 aromatic carbocycles. The van der Waals surface area contributed by atoms with Crippen molar-refractivity contribution in [2.45, 2.75) is 13.1 Å². The summed E-state index contributed by atoms with van der Waals surface area (Å²) in [6.07, 6.45) is 4.61. The summed E-state index contributed by atoms with van der Waals surface area (Å²) >= 11 is 0. The highest BCUT2D eigenvalue weighted by Crippen LogP contribution is 2.00. The molecule has 100 valence electrons. The summed E-state index contributed by atoms with van der Waals surface area (Å²) in [4.78, 5) is 37.8. The third kappa shape index (κ3) is 3.18. The number of hydrogen-bond donors (Lipinski definition) is 2. The average Bonchev–Trinajstić information content (AvgIpc) is 2.85. The molecule has 0 atom stereocenters. The summed E-state index contributed by atoms with van der Waals surface area (Å²) < 4.78 is 1.15. The van der Waals surface area contributed by atoms with E-state index in [1.165, 1.54) is 17.2 Å². The molecule has 0 fully saturated rings. The van der Waals surface area contributed by atoms with E-state index in [2.05, 4.69) is 15.2 Å². The second-order valence-electron chi connectivity index (χ2n) is 4.09. The van der Waals surface area contributed by atoms with Crippen LogP contribution in [0, 0.1) is 0 Å². The van der Waals surface area contributed by atoms with Gasteiger partial charge in [0.05, 0.1) is 6.20 Å². The van der Waals surface area contributed by atoms with Crippen molar-refractivity contribution in [2.24, 2.45) is 0 Å². The first-order valence-corrected chi connectivity index (χ1v) is 5.57. The zero-order valence-electron chi connectivity index (χ0n) is 10.3. The van der Waals surface area contributed by atoms with E-state index >= 15 is 0 Å². The van der Waals surface area contributed by atoms with E-state index in [-0.39, 0.29) is 12.5 Å². The molecular weight excluding hydrogens is 250 g/mol. The minimum absolute atomic E-state index is 0.121. The molecule has 0 aliphatic heterocycles. The van der Waals surface area contributed by atoms with Gasteiger partial charge in [-0.05, 0) is 0 Å². The van der Waals surface area contributed by atoms with Crippen LogP contribution in [0.25, 0.3) is 0 Å². The van der Waals surface area contributed by atoms with Crippen LogP contribution in [0.5, 0.6) is 0 Å². The lowest BCUT2D eigenvalue weighted by molar-refractivity contribution is -0.131. The monoisotopic (exact) mass is 263 g/mol. The van der Waals surface area contributed by atoms with Gasteiger partial charge in [-0.1, -0.05) is 0 Å². The van der Waals surface area contributed by atoms with Crippen molar-refractivity contribution < 1.29 is 4.79 Å². The van der Waals surface area contributed by atoms with Crippen LogP contribution in [0.3, 0.4) is 0 Å². The van der Waals surface area contributed by atoms with Gasteiger partial charge < -0.3 is 4.90 Å². The minimum atomic E-state index is -0.599. The molecule has 2 aromatic rings. The fourth-order valence-electron chi connectivity index (χ4n) is 1.56. The number of nitrogens with zero attached hydrogens (tertiary/aromatic N) is 3. The van der Waals surface area contributed by atoms with E-state index in [9.17, 15) is 14.4 Å². The maximum Gasteiger partial charge on any atom is 0.328 e. The largest absolute Gasteiger partial charge is 0.340 e. The Morgan fingerprint density at radius 2 is 2.26 bits per heavy atom. The number of aromatic nitrogens is 4. The van der Waals surface area contributed by atoms with Crippen molar-refractivity contribution in [3.05, 3.63) is 51.1 Å². The van der Waals surface area contributed by atoms with Crippen LogP contribution < -0.4 is 11.2 Å². The summed E-state index contributed by atoms with van der Waals surface area (Å²) in [5.41, 5.74) is -0.220. The highest BCUT2D eigenvalue weighted by Gasteiger charge is 2.11. The highest BCUT2D eigenvalue weighted by molar-refractivity contribution is 5.75. The van der Waals surface area contributed by atoms with Gasteiger partial charge in [0.25, 0.3) is 5.56 Å². The molecule has 2 N–H and O–H groups in total. The van der Waals surface area contributed by atoms with E-state index in [0.29, 0.717) is 6.54 Å². The maximum absolute atomic E-state index is 11.9. The number of carbonyl (C=O) groups is 1. The number of aromatic amines is 2. The van der Waals surface area contributed by atoms with Gasteiger partial charge in [0.1, 0.15) is 6.54 Å². The van der Waals surface area contributed by atoms with Gasteiger partial charge in [-0.3, -0.25) is 24.2 Å². The van der Waals surface area contributed by atoms with Crippen molar-refractivity contribution >= 4 is 5.91 Å². The second-order valence-corrected chi connectivity index (χ2v) is 4.09. The number of H-pyrrole nitrogens is 2. The number of amides is 1. The third-order valence-electron chi connectivity index (χ3n) is 2.60. The quantitative estimate of drug-likeness (QED) is 0.732. The third-order valence-corrected chi connectivity index (χ3v) is 2.60. The fourth-order valence-corrected chi connectivity index (χ4v) is 1.56. The summed E-state index contributed by atoms with van der Waals surface area (Å²) in [5.74, 6) is -0.240. The lowest BCUT2D eigenvalue weighted by Gasteiger charge is -2.16. The Morgan fingerprint density at radius 3 is 2.89 bits per heavy atom. The molecular formula is C11H13N5O3. The predicted octanol–water partition coefficient (Wildman–Crippen LogP) is -1.08. The summed E-state index contributed by atoms with van der Waals surface area (Å²) in [6, 6.07) is 1.20. The first kappa shape index (κ1) is 12.8. The maximum atomic E-state index is 11.9. The van der Waals surface area contributed by atoms with Crippen LogP contribution in [0.1, 0.15) is 5.56 Å². The number of rotatable bonds is 4. The lowest BCUT2D eigenvalue weighted by atomic mass is 10.3. The first-order chi connectivity index (χ1) is 9.06. The molecule has 0 unspecified atom stereocenters. The van der Waals surface area contributed by atoms with Gasteiger partial charge >= 0.3 is 5.69 Å². The van der Waals surface area contributed by atoms with Gasteiger partial charge in [-0.2, -0.15) is 5.10 Å². The predicted molar refractivity (Wildman–Crippen MR) is 66.4 cm³/mol. The van der Waals surface area contributed by atoms with Crippen LogP contribution in [0.15, 0.2) is 34.2 Å². The van der Waals surface area contributed by atoms with E-state index < -0.39 is 11.2 Å². The molecule has 0 bridgehead atoms. The van der Waals surface area contributed by atoms with Crippen LogP contribution in [0.4, 0.5) is 0 Å². The molecule has 0 radical (unpaired) electrons. The van der Waals surface area contributed by atoms with Crippen molar-refractivity contribution in [2.75, 3.05) is 7.05 Å². The van der Waals surface area contributed by atoms with E-state index in [4.69, 9.17) is 0 Å². The molecule has 2 heterocycles.